The lowest BCUT2D eigenvalue weighted by molar-refractivity contribution is -0.122. The van der Waals surface area contributed by atoms with Crippen molar-refractivity contribution in [2.24, 2.45) is 11.7 Å². The average molecular weight is 293 g/mol. The number of hydrogen-bond acceptors (Lipinski definition) is 4. The van der Waals surface area contributed by atoms with Crippen LogP contribution in [0.4, 0.5) is 5.69 Å². The van der Waals surface area contributed by atoms with Gasteiger partial charge in [-0.05, 0) is 32.2 Å². The van der Waals surface area contributed by atoms with Crippen LogP contribution >= 0.6 is 0 Å². The van der Waals surface area contributed by atoms with Gasteiger partial charge in [-0.25, -0.2) is 0 Å². The Kier molecular flexibility index (Phi) is 5.32. The molecule has 0 saturated heterocycles. The van der Waals surface area contributed by atoms with Crippen LogP contribution in [0, 0.1) is 5.92 Å². The zero-order valence-corrected chi connectivity index (χ0v) is 12.3. The normalized spacial score (nSPS) is 15.5. The third-order valence-electron chi connectivity index (χ3n) is 3.44. The average Bonchev–Trinajstić information content (AvgIpc) is 3.15. The van der Waals surface area contributed by atoms with E-state index >= 15 is 0 Å². The van der Waals surface area contributed by atoms with Crippen molar-refractivity contribution in [1.29, 1.82) is 0 Å². The summed E-state index contributed by atoms with van der Waals surface area (Å²) in [5.74, 6) is -0.185. The highest BCUT2D eigenvalue weighted by atomic mass is 16.2. The molecule has 7 nitrogen and oxygen atoms in total. The Morgan fingerprint density at radius 1 is 1.52 bits per heavy atom. The number of nitrogens with zero attached hydrogens (tertiary/aromatic N) is 2. The monoisotopic (exact) mass is 293 g/mol. The lowest BCUT2D eigenvalue weighted by atomic mass is 10.1. The molecule has 0 spiro atoms. The van der Waals surface area contributed by atoms with E-state index in [1.165, 1.54) is 4.68 Å². The standard InChI is InChI=1S/C14H23N5O2/c1-10(3-2-6-15)14(21)18-12-7-16-19(8-12)9-13(20)17-11-4-5-11/h7-8,10-11H,2-6,9,15H2,1H3,(H,17,20)(H,18,21). The molecule has 0 radical (unpaired) electrons. The summed E-state index contributed by atoms with van der Waals surface area (Å²) < 4.78 is 1.53. The second kappa shape index (κ2) is 7.21. The van der Waals surface area contributed by atoms with Crippen LogP contribution in [-0.4, -0.2) is 34.2 Å². The summed E-state index contributed by atoms with van der Waals surface area (Å²) in [7, 11) is 0. The molecule has 1 saturated carbocycles. The number of nitrogens with one attached hydrogen (secondary N) is 2. The fourth-order valence-corrected chi connectivity index (χ4v) is 1.98. The van der Waals surface area contributed by atoms with Crippen molar-refractivity contribution >= 4 is 17.5 Å². The van der Waals surface area contributed by atoms with E-state index < -0.39 is 0 Å². The van der Waals surface area contributed by atoms with Crippen molar-refractivity contribution in [1.82, 2.24) is 15.1 Å². The molecule has 116 valence electrons. The number of anilines is 1. The SMILES string of the molecule is CC(CCCN)C(=O)Nc1cnn(CC(=O)NC2CC2)c1. The number of aromatic nitrogens is 2. The predicted octanol–water partition coefficient (Wildman–Crippen LogP) is 0.475. The van der Waals surface area contributed by atoms with Gasteiger partial charge >= 0.3 is 0 Å². The summed E-state index contributed by atoms with van der Waals surface area (Å²) in [6, 6.07) is 0.343. The van der Waals surface area contributed by atoms with E-state index in [1.807, 2.05) is 6.92 Å². The molecule has 2 amide bonds. The van der Waals surface area contributed by atoms with Crippen molar-refractivity contribution in [3.63, 3.8) is 0 Å². The number of carbonyl (C=O) groups excluding carboxylic acids is 2. The lowest BCUT2D eigenvalue weighted by Crippen LogP contribution is -2.29. The molecule has 1 fully saturated rings. The summed E-state index contributed by atoms with van der Waals surface area (Å²) in [5.41, 5.74) is 6.05. The van der Waals surface area contributed by atoms with Gasteiger partial charge in [-0.3, -0.25) is 14.3 Å². The molecular weight excluding hydrogens is 270 g/mol. The van der Waals surface area contributed by atoms with Gasteiger partial charge in [0.15, 0.2) is 0 Å². The van der Waals surface area contributed by atoms with Crippen LogP contribution in [-0.2, 0) is 16.1 Å². The zero-order chi connectivity index (χ0) is 15.2. The van der Waals surface area contributed by atoms with Crippen molar-refractivity contribution in [2.45, 2.75) is 45.2 Å². The minimum atomic E-state index is -0.0879. The van der Waals surface area contributed by atoms with E-state index in [0.29, 0.717) is 18.3 Å². The van der Waals surface area contributed by atoms with Gasteiger partial charge in [-0.2, -0.15) is 5.10 Å². The number of nitrogens with two attached hydrogens (primary N) is 1. The summed E-state index contributed by atoms with van der Waals surface area (Å²) in [5, 5.41) is 9.78. The van der Waals surface area contributed by atoms with Gasteiger partial charge in [0.25, 0.3) is 0 Å². The quantitative estimate of drug-likeness (QED) is 0.648. The van der Waals surface area contributed by atoms with E-state index in [0.717, 1.165) is 25.7 Å². The highest BCUT2D eigenvalue weighted by Crippen LogP contribution is 2.18. The Bertz CT molecular complexity index is 495. The van der Waals surface area contributed by atoms with Gasteiger partial charge < -0.3 is 16.4 Å². The highest BCUT2D eigenvalue weighted by Gasteiger charge is 2.23. The molecule has 1 aliphatic rings. The van der Waals surface area contributed by atoms with Crippen LogP contribution in [0.2, 0.25) is 0 Å². The largest absolute Gasteiger partial charge is 0.352 e. The summed E-state index contributed by atoms with van der Waals surface area (Å²) in [4.78, 5) is 23.6. The molecule has 1 aromatic rings. The lowest BCUT2D eigenvalue weighted by Gasteiger charge is -2.09. The first kappa shape index (κ1) is 15.5. The van der Waals surface area contributed by atoms with E-state index in [2.05, 4.69) is 15.7 Å². The number of amides is 2. The minimum Gasteiger partial charge on any atom is -0.352 e. The smallest absolute Gasteiger partial charge is 0.241 e. The molecule has 1 unspecified atom stereocenters. The maximum Gasteiger partial charge on any atom is 0.241 e. The highest BCUT2D eigenvalue weighted by molar-refractivity contribution is 5.92. The second-order valence-electron chi connectivity index (χ2n) is 5.59. The Morgan fingerprint density at radius 3 is 2.95 bits per heavy atom. The molecule has 1 heterocycles. The number of carbonyl (C=O) groups is 2. The molecule has 0 aromatic carbocycles. The van der Waals surface area contributed by atoms with E-state index in [1.54, 1.807) is 12.4 Å². The van der Waals surface area contributed by atoms with E-state index in [-0.39, 0.29) is 24.3 Å². The van der Waals surface area contributed by atoms with Gasteiger partial charge in [0, 0.05) is 18.2 Å². The third kappa shape index (κ3) is 5.18. The summed E-state index contributed by atoms with van der Waals surface area (Å²) in [6.45, 7) is 2.64. The number of hydrogen-bond donors (Lipinski definition) is 3. The molecule has 2 rings (SSSR count). The first-order chi connectivity index (χ1) is 10.1. The molecule has 0 bridgehead atoms. The van der Waals surface area contributed by atoms with Gasteiger partial charge in [-0.1, -0.05) is 6.92 Å². The fourth-order valence-electron chi connectivity index (χ4n) is 1.98. The minimum absolute atomic E-state index is 0.0465. The Hall–Kier alpha value is -1.89. The van der Waals surface area contributed by atoms with Crippen LogP contribution in [0.5, 0.6) is 0 Å². The van der Waals surface area contributed by atoms with E-state index in [4.69, 9.17) is 5.73 Å². The molecular formula is C14H23N5O2. The molecule has 1 aromatic heterocycles. The van der Waals surface area contributed by atoms with Crippen LogP contribution in [0.3, 0.4) is 0 Å². The molecule has 21 heavy (non-hydrogen) atoms. The van der Waals surface area contributed by atoms with Gasteiger partial charge in [-0.15, -0.1) is 0 Å². The predicted molar refractivity (Wildman–Crippen MR) is 79.5 cm³/mol. The Labute approximate surface area is 124 Å². The van der Waals surface area contributed by atoms with E-state index in [9.17, 15) is 9.59 Å². The maximum atomic E-state index is 11.9. The third-order valence-corrected chi connectivity index (χ3v) is 3.44. The Morgan fingerprint density at radius 2 is 2.29 bits per heavy atom. The molecule has 4 N–H and O–H groups in total. The first-order valence-corrected chi connectivity index (χ1v) is 7.41. The fraction of sp³-hybridized carbons (Fsp3) is 0.643. The Balaban J connectivity index is 1.78. The molecule has 1 atom stereocenters. The topological polar surface area (TPSA) is 102 Å². The summed E-state index contributed by atoms with van der Waals surface area (Å²) >= 11 is 0. The molecule has 1 aliphatic carbocycles. The molecule has 0 aliphatic heterocycles. The van der Waals surface area contributed by atoms with Crippen LogP contribution < -0.4 is 16.4 Å². The molecule has 7 heteroatoms. The van der Waals surface area contributed by atoms with Crippen LogP contribution in [0.25, 0.3) is 0 Å². The maximum absolute atomic E-state index is 11.9. The van der Waals surface area contributed by atoms with Gasteiger partial charge in [0.1, 0.15) is 6.54 Å². The zero-order valence-electron chi connectivity index (χ0n) is 12.3. The van der Waals surface area contributed by atoms with Crippen molar-refractivity contribution in [3.05, 3.63) is 12.4 Å². The number of rotatable bonds is 8. The van der Waals surface area contributed by atoms with Crippen molar-refractivity contribution < 1.29 is 9.59 Å². The van der Waals surface area contributed by atoms with Crippen molar-refractivity contribution in [2.75, 3.05) is 11.9 Å². The van der Waals surface area contributed by atoms with Gasteiger partial charge in [0.05, 0.1) is 11.9 Å². The second-order valence-corrected chi connectivity index (χ2v) is 5.59. The van der Waals surface area contributed by atoms with Gasteiger partial charge in [0.2, 0.25) is 11.8 Å². The van der Waals surface area contributed by atoms with Crippen LogP contribution in [0.15, 0.2) is 12.4 Å². The van der Waals surface area contributed by atoms with Crippen LogP contribution in [0.1, 0.15) is 32.6 Å². The van der Waals surface area contributed by atoms with Crippen molar-refractivity contribution in [3.8, 4) is 0 Å². The first-order valence-electron chi connectivity index (χ1n) is 7.41. The summed E-state index contributed by atoms with van der Waals surface area (Å²) in [6.07, 6.45) is 6.94.